The quantitative estimate of drug-likeness (QED) is 0.132. The summed E-state index contributed by atoms with van der Waals surface area (Å²) in [6.07, 6.45) is 0.851. The number of benzene rings is 4. The molecule has 4 aromatic rings. The van der Waals surface area contributed by atoms with Crippen LogP contribution in [0.4, 0.5) is 22.7 Å². The average Bonchev–Trinajstić information content (AvgIpc) is 3.07. The molecule has 0 aromatic heterocycles. The first-order valence-electron chi connectivity index (χ1n) is 19.6. The van der Waals surface area contributed by atoms with E-state index in [-0.39, 0.29) is 0 Å². The van der Waals surface area contributed by atoms with E-state index >= 15 is 0 Å². The highest BCUT2D eigenvalue weighted by atomic mass is 14.8. The van der Waals surface area contributed by atoms with Gasteiger partial charge in [-0.2, -0.15) is 0 Å². The van der Waals surface area contributed by atoms with E-state index in [1.807, 2.05) is 0 Å². The summed E-state index contributed by atoms with van der Waals surface area (Å²) in [5.41, 5.74) is 20.5. The molecule has 53 heavy (non-hydrogen) atoms. The van der Waals surface area contributed by atoms with Crippen LogP contribution in [0, 0.1) is 27.7 Å². The van der Waals surface area contributed by atoms with E-state index in [2.05, 4.69) is 171 Å². The summed E-state index contributed by atoms with van der Waals surface area (Å²) >= 11 is 0. The first-order valence-corrected chi connectivity index (χ1v) is 19.6. The topological polar surface area (TPSA) is 49.4 Å². The Kier molecular flexibility index (Phi) is 13.7. The van der Waals surface area contributed by atoms with Crippen LogP contribution in [0.15, 0.2) is 80.6 Å². The minimum absolute atomic E-state index is 0.398. The van der Waals surface area contributed by atoms with Gasteiger partial charge in [0.2, 0.25) is 0 Å². The standard InChI is InChI=1S/C49H64N4/c1-28(2)42-19-17-20-43(29(3)4)48(42)52-38(15)36(13)50-46-32(9)23-40(24-33(46)10)27-41-25-34(11)47(35(12)26-41)51-37(14)39(16)53-49-44(30(5)6)21-18-22-45(49)31(7)8/h17-26,28-31H,27H2,1-16H3. The van der Waals surface area contributed by atoms with Crippen molar-refractivity contribution >= 4 is 45.6 Å². The molecule has 4 nitrogen and oxygen atoms in total. The van der Waals surface area contributed by atoms with Crippen molar-refractivity contribution in [2.24, 2.45) is 20.0 Å². The van der Waals surface area contributed by atoms with Gasteiger partial charge in [0.15, 0.2) is 0 Å². The number of aryl methyl sites for hydroxylation is 4. The molecule has 0 unspecified atom stereocenters. The summed E-state index contributed by atoms with van der Waals surface area (Å²) in [7, 11) is 0. The Morgan fingerprint density at radius 3 is 0.849 bits per heavy atom. The molecule has 0 fully saturated rings. The number of nitrogens with zero attached hydrogens (tertiary/aromatic N) is 4. The van der Waals surface area contributed by atoms with Crippen LogP contribution in [0.5, 0.6) is 0 Å². The van der Waals surface area contributed by atoms with Gasteiger partial charge in [-0.05, 0) is 141 Å². The highest BCUT2D eigenvalue weighted by Crippen LogP contribution is 2.37. The van der Waals surface area contributed by atoms with Crippen LogP contribution in [0.3, 0.4) is 0 Å². The highest BCUT2D eigenvalue weighted by molar-refractivity contribution is 6.42. The smallest absolute Gasteiger partial charge is 0.0702 e. The number of hydrogen-bond acceptors (Lipinski definition) is 4. The normalized spacial score (nSPS) is 13.4. The van der Waals surface area contributed by atoms with Crippen molar-refractivity contribution in [3.8, 4) is 0 Å². The fourth-order valence-electron chi connectivity index (χ4n) is 7.16. The van der Waals surface area contributed by atoms with Crippen LogP contribution in [-0.4, -0.2) is 22.8 Å². The molecular formula is C49H64N4. The van der Waals surface area contributed by atoms with E-state index in [0.717, 1.165) is 52.0 Å². The monoisotopic (exact) mass is 709 g/mol. The Morgan fingerprint density at radius 1 is 0.396 bits per heavy atom. The lowest BCUT2D eigenvalue weighted by molar-refractivity contribution is 0.834. The van der Waals surface area contributed by atoms with E-state index in [4.69, 9.17) is 20.0 Å². The summed E-state index contributed by atoms with van der Waals surface area (Å²) in [6, 6.07) is 22.3. The summed E-state index contributed by atoms with van der Waals surface area (Å²) < 4.78 is 0. The molecule has 0 saturated heterocycles. The zero-order valence-corrected chi connectivity index (χ0v) is 35.6. The molecule has 280 valence electrons. The van der Waals surface area contributed by atoms with Gasteiger partial charge in [0.1, 0.15) is 0 Å². The predicted octanol–water partition coefficient (Wildman–Crippen LogP) is 14.8. The van der Waals surface area contributed by atoms with Crippen LogP contribution in [0.25, 0.3) is 0 Å². The van der Waals surface area contributed by atoms with Crippen molar-refractivity contribution in [2.45, 2.75) is 141 Å². The van der Waals surface area contributed by atoms with Gasteiger partial charge in [0.05, 0.1) is 45.6 Å². The third kappa shape index (κ3) is 9.96. The molecule has 0 aliphatic carbocycles. The largest absolute Gasteiger partial charge is 0.251 e. The molecule has 4 rings (SSSR count). The van der Waals surface area contributed by atoms with Gasteiger partial charge >= 0.3 is 0 Å². The van der Waals surface area contributed by atoms with Gasteiger partial charge in [0, 0.05) is 0 Å². The van der Waals surface area contributed by atoms with Gasteiger partial charge in [-0.15, -0.1) is 0 Å². The van der Waals surface area contributed by atoms with Crippen molar-refractivity contribution in [3.05, 3.63) is 116 Å². The van der Waals surface area contributed by atoms with Crippen molar-refractivity contribution in [1.82, 2.24) is 0 Å². The molecule has 0 aliphatic rings. The lowest BCUT2D eigenvalue weighted by Crippen LogP contribution is -2.07. The fraction of sp³-hybridized carbons (Fsp3) is 0.429. The van der Waals surface area contributed by atoms with Crippen LogP contribution < -0.4 is 0 Å². The molecule has 0 spiro atoms. The average molecular weight is 709 g/mol. The van der Waals surface area contributed by atoms with E-state index in [9.17, 15) is 0 Å². The van der Waals surface area contributed by atoms with Crippen molar-refractivity contribution < 1.29 is 0 Å². The molecule has 0 atom stereocenters. The summed E-state index contributed by atoms with van der Waals surface area (Å²) in [5, 5.41) is 0. The van der Waals surface area contributed by atoms with Gasteiger partial charge in [-0.25, -0.2) is 0 Å². The first kappa shape index (κ1) is 41.3. The molecule has 0 bridgehead atoms. The maximum absolute atomic E-state index is 5.19. The van der Waals surface area contributed by atoms with E-state index in [0.29, 0.717) is 23.7 Å². The number of para-hydroxylation sites is 2. The highest BCUT2D eigenvalue weighted by Gasteiger charge is 2.17. The Morgan fingerprint density at radius 2 is 0.623 bits per heavy atom. The zero-order chi connectivity index (χ0) is 39.3. The third-order valence-electron chi connectivity index (χ3n) is 10.4. The molecule has 0 N–H and O–H groups in total. The maximum Gasteiger partial charge on any atom is 0.0702 e. The van der Waals surface area contributed by atoms with Gasteiger partial charge in [-0.1, -0.05) is 116 Å². The lowest BCUT2D eigenvalue weighted by Gasteiger charge is -2.17. The SMILES string of the molecule is CC(=Nc1c(C)cc(Cc2cc(C)c(N=C(C)C(C)=Nc3c(C(C)C)cccc3C(C)C)c(C)c2)cc1C)C(C)=Nc1c(C(C)C)cccc1C(C)C. The van der Waals surface area contributed by atoms with Crippen LogP contribution >= 0.6 is 0 Å². The lowest BCUT2D eigenvalue weighted by atomic mass is 9.93. The molecule has 0 heterocycles. The molecular weight excluding hydrogens is 645 g/mol. The van der Waals surface area contributed by atoms with Crippen molar-refractivity contribution in [1.29, 1.82) is 0 Å². The first-order chi connectivity index (χ1) is 24.9. The fourth-order valence-corrected chi connectivity index (χ4v) is 7.16. The Hall–Kier alpha value is -4.44. The predicted molar refractivity (Wildman–Crippen MR) is 235 cm³/mol. The summed E-state index contributed by atoms with van der Waals surface area (Å²) in [5.74, 6) is 1.59. The van der Waals surface area contributed by atoms with Gasteiger partial charge in [-0.3, -0.25) is 20.0 Å². The molecule has 4 heteroatoms. The maximum atomic E-state index is 5.19. The van der Waals surface area contributed by atoms with Gasteiger partial charge < -0.3 is 0 Å². The zero-order valence-electron chi connectivity index (χ0n) is 35.6. The van der Waals surface area contributed by atoms with Crippen LogP contribution in [0.1, 0.15) is 162 Å². The Bertz CT molecular complexity index is 1830. The number of hydrogen-bond donors (Lipinski definition) is 0. The van der Waals surface area contributed by atoms with E-state index < -0.39 is 0 Å². The number of rotatable bonds is 12. The van der Waals surface area contributed by atoms with Crippen LogP contribution in [-0.2, 0) is 6.42 Å². The van der Waals surface area contributed by atoms with E-state index in [1.165, 1.54) is 55.6 Å². The Balaban J connectivity index is 1.61. The second kappa shape index (κ2) is 17.6. The second-order valence-electron chi connectivity index (χ2n) is 16.3. The summed E-state index contributed by atoms with van der Waals surface area (Å²) in [6.45, 7) is 34.9. The van der Waals surface area contributed by atoms with Crippen molar-refractivity contribution in [2.75, 3.05) is 0 Å². The minimum Gasteiger partial charge on any atom is -0.251 e. The molecule has 0 saturated carbocycles. The Labute approximate surface area is 321 Å². The van der Waals surface area contributed by atoms with E-state index in [1.54, 1.807) is 0 Å². The molecule has 0 amide bonds. The third-order valence-corrected chi connectivity index (χ3v) is 10.4. The summed E-state index contributed by atoms with van der Waals surface area (Å²) in [4.78, 5) is 20.7. The molecule has 4 aromatic carbocycles. The van der Waals surface area contributed by atoms with Crippen LogP contribution in [0.2, 0.25) is 0 Å². The second-order valence-corrected chi connectivity index (χ2v) is 16.3. The van der Waals surface area contributed by atoms with Crippen molar-refractivity contribution in [3.63, 3.8) is 0 Å². The minimum atomic E-state index is 0.398. The number of aliphatic imine (C=N–C) groups is 4. The molecule has 0 radical (unpaired) electrons. The van der Waals surface area contributed by atoms with Gasteiger partial charge in [0.25, 0.3) is 0 Å². The molecule has 0 aliphatic heterocycles.